The van der Waals surface area contributed by atoms with Gasteiger partial charge in [0, 0.05) is 13.1 Å². The number of ether oxygens (including phenoxy) is 2. The summed E-state index contributed by atoms with van der Waals surface area (Å²) in [6, 6.07) is 10.2. The zero-order chi connectivity index (χ0) is 21.7. The number of benzene rings is 2. The van der Waals surface area contributed by atoms with Gasteiger partial charge in [-0.2, -0.15) is 0 Å². The average Bonchev–Trinajstić information content (AvgIpc) is 2.73. The Bertz CT molecular complexity index is 1030. The molecule has 1 fully saturated rings. The Balaban J connectivity index is 1.72. The number of nitrogens with zero attached hydrogens (tertiary/aromatic N) is 1. The third-order valence-electron chi connectivity index (χ3n) is 5.00. The molecule has 1 aliphatic heterocycles. The van der Waals surface area contributed by atoms with E-state index < -0.39 is 10.0 Å². The van der Waals surface area contributed by atoms with Crippen molar-refractivity contribution in [2.24, 2.45) is 0 Å². The van der Waals surface area contributed by atoms with E-state index in [1.165, 1.54) is 10.4 Å². The molecule has 7 nitrogen and oxygen atoms in total. The second-order valence-corrected chi connectivity index (χ2v) is 9.36. The van der Waals surface area contributed by atoms with Crippen LogP contribution in [0.25, 0.3) is 0 Å². The lowest BCUT2D eigenvalue weighted by molar-refractivity contribution is 0.0954. The summed E-state index contributed by atoms with van der Waals surface area (Å²) >= 11 is 6.22. The molecule has 3 rings (SSSR count). The molecule has 1 aliphatic rings. The Hall–Kier alpha value is -2.45. The van der Waals surface area contributed by atoms with Crippen LogP contribution in [0, 0.1) is 0 Å². The number of rotatable bonds is 7. The predicted molar refractivity (Wildman–Crippen MR) is 117 cm³/mol. The highest BCUT2D eigenvalue weighted by molar-refractivity contribution is 7.92. The molecular formula is C21H25ClN2O5S. The number of halogens is 1. The van der Waals surface area contributed by atoms with Crippen molar-refractivity contribution in [3.05, 3.63) is 52.5 Å². The number of methoxy groups -OCH3 is 2. The van der Waals surface area contributed by atoms with Crippen LogP contribution in [0.1, 0.15) is 28.8 Å². The molecule has 30 heavy (non-hydrogen) atoms. The van der Waals surface area contributed by atoms with Crippen LogP contribution in [0.4, 0.5) is 5.69 Å². The van der Waals surface area contributed by atoms with Crippen molar-refractivity contribution in [1.82, 2.24) is 5.32 Å². The van der Waals surface area contributed by atoms with Gasteiger partial charge in [0.15, 0.2) is 0 Å². The summed E-state index contributed by atoms with van der Waals surface area (Å²) in [6.45, 7) is 0.756. The summed E-state index contributed by atoms with van der Waals surface area (Å²) in [5.74, 6) is 1.16. The fourth-order valence-corrected chi connectivity index (χ4v) is 5.24. The first-order valence-electron chi connectivity index (χ1n) is 9.65. The molecule has 0 bridgehead atoms. The normalized spacial score (nSPS) is 15.5. The molecule has 2 aromatic carbocycles. The maximum atomic E-state index is 12.7. The summed E-state index contributed by atoms with van der Waals surface area (Å²) in [4.78, 5) is 12.7. The lowest BCUT2D eigenvalue weighted by Gasteiger charge is -2.28. The van der Waals surface area contributed by atoms with Crippen LogP contribution in [-0.2, 0) is 16.4 Å². The molecule has 0 radical (unpaired) electrons. The summed E-state index contributed by atoms with van der Waals surface area (Å²) in [5.41, 5.74) is 1.60. The Labute approximate surface area is 182 Å². The first kappa shape index (κ1) is 22.2. The minimum absolute atomic E-state index is 0.111. The van der Waals surface area contributed by atoms with Crippen molar-refractivity contribution in [3.63, 3.8) is 0 Å². The van der Waals surface area contributed by atoms with E-state index in [9.17, 15) is 13.2 Å². The second-order valence-electron chi connectivity index (χ2n) is 6.94. The Morgan fingerprint density at radius 2 is 1.93 bits per heavy atom. The highest BCUT2D eigenvalue weighted by atomic mass is 35.5. The third-order valence-corrected chi connectivity index (χ3v) is 7.20. The molecular weight excluding hydrogens is 428 g/mol. The molecule has 162 valence electrons. The van der Waals surface area contributed by atoms with Gasteiger partial charge in [-0.1, -0.05) is 11.6 Å². The van der Waals surface area contributed by atoms with E-state index >= 15 is 0 Å². The predicted octanol–water partition coefficient (Wildman–Crippen LogP) is 3.26. The smallest absolute Gasteiger partial charge is 0.252 e. The number of amides is 1. The van der Waals surface area contributed by atoms with Gasteiger partial charge < -0.3 is 14.8 Å². The van der Waals surface area contributed by atoms with Crippen molar-refractivity contribution in [1.29, 1.82) is 0 Å². The number of anilines is 1. The quantitative estimate of drug-likeness (QED) is 0.697. The number of sulfonamides is 1. The fourth-order valence-electron chi connectivity index (χ4n) is 3.40. The van der Waals surface area contributed by atoms with Crippen molar-refractivity contribution in [2.75, 3.05) is 37.4 Å². The van der Waals surface area contributed by atoms with Gasteiger partial charge >= 0.3 is 0 Å². The minimum atomic E-state index is -3.37. The second kappa shape index (κ2) is 9.57. The molecule has 1 amide bonds. The molecule has 0 saturated carbocycles. The van der Waals surface area contributed by atoms with E-state index in [4.69, 9.17) is 21.1 Å². The zero-order valence-electron chi connectivity index (χ0n) is 17.0. The molecule has 1 heterocycles. The van der Waals surface area contributed by atoms with Crippen LogP contribution in [-0.4, -0.2) is 47.4 Å². The zero-order valence-corrected chi connectivity index (χ0v) is 18.6. The number of nitrogens with one attached hydrogen (secondary N) is 1. The summed E-state index contributed by atoms with van der Waals surface area (Å²) in [5, 5.41) is 3.11. The summed E-state index contributed by atoms with van der Waals surface area (Å²) in [6.07, 6.45) is 1.96. The van der Waals surface area contributed by atoms with E-state index in [2.05, 4.69) is 5.32 Å². The topological polar surface area (TPSA) is 84.9 Å². The van der Waals surface area contributed by atoms with Crippen LogP contribution in [0.15, 0.2) is 36.4 Å². The van der Waals surface area contributed by atoms with E-state index in [0.717, 1.165) is 12.0 Å². The minimum Gasteiger partial charge on any atom is -0.497 e. The molecule has 2 aromatic rings. The van der Waals surface area contributed by atoms with E-state index in [0.29, 0.717) is 43.1 Å². The highest BCUT2D eigenvalue weighted by Gasteiger charge is 2.27. The van der Waals surface area contributed by atoms with E-state index in [1.54, 1.807) is 32.4 Å². The number of carbonyl (C=O) groups is 1. The van der Waals surface area contributed by atoms with Gasteiger partial charge in [0.2, 0.25) is 10.0 Å². The molecule has 9 heteroatoms. The average molecular weight is 453 g/mol. The summed E-state index contributed by atoms with van der Waals surface area (Å²) < 4.78 is 36.7. The summed E-state index contributed by atoms with van der Waals surface area (Å²) in [7, 11) is -0.191. The Morgan fingerprint density at radius 3 is 2.63 bits per heavy atom. The number of hydrogen-bond donors (Lipinski definition) is 1. The SMILES string of the molecule is COc1ccc(OC)c(CCNC(=O)c2cc(N3CCCCS3(=O)=O)ccc2Cl)c1. The molecule has 0 aliphatic carbocycles. The first-order chi connectivity index (χ1) is 14.4. The van der Waals surface area contributed by atoms with Gasteiger partial charge in [-0.3, -0.25) is 9.10 Å². The van der Waals surface area contributed by atoms with Gasteiger partial charge in [-0.25, -0.2) is 8.42 Å². The monoisotopic (exact) mass is 452 g/mol. The Kier molecular flexibility index (Phi) is 7.10. The highest BCUT2D eigenvalue weighted by Crippen LogP contribution is 2.28. The molecule has 0 aromatic heterocycles. The van der Waals surface area contributed by atoms with Gasteiger partial charge in [0.25, 0.3) is 5.91 Å². The van der Waals surface area contributed by atoms with Gasteiger partial charge in [-0.05, 0) is 61.2 Å². The van der Waals surface area contributed by atoms with Gasteiger partial charge in [0.1, 0.15) is 11.5 Å². The van der Waals surface area contributed by atoms with Crippen LogP contribution < -0.4 is 19.1 Å². The third kappa shape index (κ3) is 4.99. The van der Waals surface area contributed by atoms with Crippen molar-refractivity contribution < 1.29 is 22.7 Å². The fraction of sp³-hybridized carbons (Fsp3) is 0.381. The first-order valence-corrected chi connectivity index (χ1v) is 11.6. The van der Waals surface area contributed by atoms with Gasteiger partial charge in [0.05, 0.1) is 36.2 Å². The lowest BCUT2D eigenvalue weighted by atomic mass is 10.1. The van der Waals surface area contributed by atoms with Crippen molar-refractivity contribution >= 4 is 33.2 Å². The van der Waals surface area contributed by atoms with Crippen LogP contribution in [0.2, 0.25) is 5.02 Å². The molecule has 0 unspecified atom stereocenters. The molecule has 0 atom stereocenters. The number of carbonyl (C=O) groups excluding carboxylic acids is 1. The molecule has 1 N–H and O–H groups in total. The maximum Gasteiger partial charge on any atom is 0.252 e. The van der Waals surface area contributed by atoms with Crippen LogP contribution in [0.5, 0.6) is 11.5 Å². The molecule has 0 spiro atoms. The standard InChI is InChI=1S/C21H25ClN2O5S/c1-28-17-6-8-20(29-2)15(13-17)9-10-23-21(25)18-14-16(5-7-19(18)22)24-11-3-4-12-30(24,26)27/h5-8,13-14H,3-4,9-12H2,1-2H3,(H,23,25). The maximum absolute atomic E-state index is 12.7. The van der Waals surface area contributed by atoms with E-state index in [-0.39, 0.29) is 22.2 Å². The van der Waals surface area contributed by atoms with Gasteiger partial charge in [-0.15, -0.1) is 0 Å². The van der Waals surface area contributed by atoms with Crippen molar-refractivity contribution in [2.45, 2.75) is 19.3 Å². The lowest BCUT2D eigenvalue weighted by Crippen LogP contribution is -2.38. The van der Waals surface area contributed by atoms with E-state index in [1.807, 2.05) is 12.1 Å². The van der Waals surface area contributed by atoms with Crippen LogP contribution >= 0.6 is 11.6 Å². The molecule has 1 saturated heterocycles. The van der Waals surface area contributed by atoms with Crippen LogP contribution in [0.3, 0.4) is 0 Å². The largest absolute Gasteiger partial charge is 0.497 e. The Morgan fingerprint density at radius 1 is 1.13 bits per heavy atom. The number of hydrogen-bond acceptors (Lipinski definition) is 5. The van der Waals surface area contributed by atoms with Crippen molar-refractivity contribution in [3.8, 4) is 11.5 Å².